The molecule has 1 fully saturated rings. The molecule has 0 spiro atoms. The quantitative estimate of drug-likeness (QED) is 0.693. The van der Waals surface area contributed by atoms with E-state index in [9.17, 15) is 15.2 Å². The number of rotatable bonds is 3. The first kappa shape index (κ1) is 13.8. The first-order chi connectivity index (χ1) is 10.2. The minimum atomic E-state index is -0.465. The highest BCUT2D eigenvalue weighted by Gasteiger charge is 2.26. The maximum absolute atomic E-state index is 11.1. The van der Waals surface area contributed by atoms with E-state index in [0.717, 1.165) is 25.7 Å². The standard InChI is InChI=1S/C16H17NO4/c18-14-7-3-4-8-16(14)21-15-10-9-13(17(19)20)11-5-1-2-6-12(11)15/h1-2,5-6,9-10,14,16,18H,3-4,7-8H2/t14-,16-/m1/s1. The molecular weight excluding hydrogens is 270 g/mol. The van der Waals surface area contributed by atoms with Crippen molar-refractivity contribution in [2.24, 2.45) is 0 Å². The van der Waals surface area contributed by atoms with Crippen LogP contribution >= 0.6 is 0 Å². The molecule has 0 aromatic heterocycles. The molecule has 3 rings (SSSR count). The third-order valence-corrected chi connectivity index (χ3v) is 4.00. The van der Waals surface area contributed by atoms with Gasteiger partial charge in [0.25, 0.3) is 5.69 Å². The van der Waals surface area contributed by atoms with Crippen LogP contribution in [0.2, 0.25) is 0 Å². The maximum atomic E-state index is 11.1. The minimum Gasteiger partial charge on any atom is -0.487 e. The summed E-state index contributed by atoms with van der Waals surface area (Å²) in [6.07, 6.45) is 2.91. The molecule has 0 unspecified atom stereocenters. The van der Waals surface area contributed by atoms with E-state index in [-0.39, 0.29) is 16.7 Å². The molecule has 1 aliphatic carbocycles. The summed E-state index contributed by atoms with van der Waals surface area (Å²) in [6, 6.07) is 10.2. The van der Waals surface area contributed by atoms with E-state index >= 15 is 0 Å². The normalized spacial score (nSPS) is 22.1. The SMILES string of the molecule is O=[N+]([O-])c1ccc(O[C@@H]2CCCC[C@H]2O)c2ccccc12. The molecule has 1 N–H and O–H groups in total. The van der Waals surface area contributed by atoms with Crippen LogP contribution in [0.5, 0.6) is 5.75 Å². The number of nitro groups is 1. The Hall–Kier alpha value is -2.14. The zero-order chi connectivity index (χ0) is 14.8. The predicted molar refractivity (Wildman–Crippen MR) is 79.5 cm³/mol. The number of hydrogen-bond acceptors (Lipinski definition) is 4. The van der Waals surface area contributed by atoms with Gasteiger partial charge >= 0.3 is 0 Å². The van der Waals surface area contributed by atoms with Crippen LogP contribution in [0.3, 0.4) is 0 Å². The van der Waals surface area contributed by atoms with Crippen molar-refractivity contribution in [1.82, 2.24) is 0 Å². The van der Waals surface area contributed by atoms with Gasteiger partial charge in [-0.05, 0) is 31.4 Å². The number of non-ortho nitro benzene ring substituents is 1. The smallest absolute Gasteiger partial charge is 0.277 e. The molecule has 5 heteroatoms. The first-order valence-corrected chi connectivity index (χ1v) is 7.17. The van der Waals surface area contributed by atoms with Crippen molar-refractivity contribution in [1.29, 1.82) is 0 Å². The Labute approximate surface area is 122 Å². The highest BCUT2D eigenvalue weighted by Crippen LogP contribution is 2.34. The second-order valence-electron chi connectivity index (χ2n) is 5.39. The molecule has 1 saturated carbocycles. The molecule has 110 valence electrons. The van der Waals surface area contributed by atoms with Gasteiger partial charge in [-0.2, -0.15) is 0 Å². The Morgan fingerprint density at radius 1 is 1.10 bits per heavy atom. The third kappa shape index (κ3) is 2.69. The van der Waals surface area contributed by atoms with Gasteiger partial charge in [0.2, 0.25) is 0 Å². The van der Waals surface area contributed by atoms with Gasteiger partial charge in [-0.15, -0.1) is 0 Å². The number of nitrogens with zero attached hydrogens (tertiary/aromatic N) is 1. The van der Waals surface area contributed by atoms with Crippen LogP contribution in [0.15, 0.2) is 36.4 Å². The molecule has 5 nitrogen and oxygen atoms in total. The highest BCUT2D eigenvalue weighted by molar-refractivity contribution is 5.95. The molecule has 0 radical (unpaired) electrons. The number of nitro benzene ring substituents is 1. The van der Waals surface area contributed by atoms with Crippen LogP contribution in [0.4, 0.5) is 5.69 Å². The summed E-state index contributed by atoms with van der Waals surface area (Å²) in [4.78, 5) is 10.7. The predicted octanol–water partition coefficient (Wildman–Crippen LogP) is 3.43. The van der Waals surface area contributed by atoms with Gasteiger partial charge < -0.3 is 9.84 Å². The Kier molecular flexibility index (Phi) is 3.75. The molecule has 0 aliphatic heterocycles. The average molecular weight is 287 g/mol. The molecule has 1 aliphatic rings. The fourth-order valence-electron chi connectivity index (χ4n) is 2.90. The fraction of sp³-hybridized carbons (Fsp3) is 0.375. The van der Waals surface area contributed by atoms with Crippen LogP contribution in [0.1, 0.15) is 25.7 Å². The molecule has 0 saturated heterocycles. The summed E-state index contributed by atoms with van der Waals surface area (Å²) < 4.78 is 5.94. The summed E-state index contributed by atoms with van der Waals surface area (Å²) in [7, 11) is 0. The summed E-state index contributed by atoms with van der Waals surface area (Å²) in [6.45, 7) is 0. The van der Waals surface area contributed by atoms with Crippen molar-refractivity contribution in [2.75, 3.05) is 0 Å². The van der Waals surface area contributed by atoms with Gasteiger partial charge in [-0.25, -0.2) is 0 Å². The lowest BCUT2D eigenvalue weighted by atomic mass is 9.94. The lowest BCUT2D eigenvalue weighted by Crippen LogP contribution is -2.34. The molecule has 0 heterocycles. The van der Waals surface area contributed by atoms with Gasteiger partial charge in [0, 0.05) is 11.5 Å². The summed E-state index contributed by atoms with van der Waals surface area (Å²) in [5, 5.41) is 22.4. The maximum Gasteiger partial charge on any atom is 0.277 e. The monoisotopic (exact) mass is 287 g/mol. The highest BCUT2D eigenvalue weighted by atomic mass is 16.6. The number of aliphatic hydroxyl groups is 1. The fourth-order valence-corrected chi connectivity index (χ4v) is 2.90. The van der Waals surface area contributed by atoms with E-state index < -0.39 is 6.10 Å². The van der Waals surface area contributed by atoms with E-state index in [1.807, 2.05) is 12.1 Å². The number of fused-ring (bicyclic) bond motifs is 1. The lowest BCUT2D eigenvalue weighted by Gasteiger charge is -2.28. The second-order valence-corrected chi connectivity index (χ2v) is 5.39. The van der Waals surface area contributed by atoms with E-state index in [4.69, 9.17) is 4.74 Å². The van der Waals surface area contributed by atoms with Crippen LogP contribution < -0.4 is 4.74 Å². The van der Waals surface area contributed by atoms with E-state index in [2.05, 4.69) is 0 Å². The van der Waals surface area contributed by atoms with Crippen molar-refractivity contribution in [3.8, 4) is 5.75 Å². The van der Waals surface area contributed by atoms with Crippen molar-refractivity contribution < 1.29 is 14.8 Å². The van der Waals surface area contributed by atoms with Gasteiger partial charge in [0.1, 0.15) is 11.9 Å². The average Bonchev–Trinajstić information content (AvgIpc) is 2.49. The molecular formula is C16H17NO4. The zero-order valence-corrected chi connectivity index (χ0v) is 11.6. The molecule has 2 aromatic rings. The zero-order valence-electron chi connectivity index (χ0n) is 11.6. The number of benzene rings is 2. The molecule has 0 bridgehead atoms. The molecule has 0 amide bonds. The van der Waals surface area contributed by atoms with Crippen LogP contribution in [0.25, 0.3) is 10.8 Å². The molecule has 21 heavy (non-hydrogen) atoms. The third-order valence-electron chi connectivity index (χ3n) is 4.00. The van der Waals surface area contributed by atoms with Crippen LogP contribution in [0, 0.1) is 10.1 Å². The molecule has 2 aromatic carbocycles. The van der Waals surface area contributed by atoms with Crippen molar-refractivity contribution >= 4 is 16.5 Å². The van der Waals surface area contributed by atoms with Crippen molar-refractivity contribution in [3.05, 3.63) is 46.5 Å². The van der Waals surface area contributed by atoms with E-state index in [0.29, 0.717) is 16.5 Å². The summed E-state index contributed by atoms with van der Waals surface area (Å²) >= 11 is 0. The van der Waals surface area contributed by atoms with Crippen molar-refractivity contribution in [3.63, 3.8) is 0 Å². The Balaban J connectivity index is 1.99. The number of hydrogen-bond donors (Lipinski definition) is 1. The summed E-state index contributed by atoms with van der Waals surface area (Å²) in [5.74, 6) is 0.599. The second kappa shape index (κ2) is 5.69. The first-order valence-electron chi connectivity index (χ1n) is 7.17. The Morgan fingerprint density at radius 3 is 2.52 bits per heavy atom. The minimum absolute atomic E-state index is 0.0714. The van der Waals surface area contributed by atoms with Gasteiger partial charge in [0.15, 0.2) is 0 Å². The van der Waals surface area contributed by atoms with Crippen molar-refractivity contribution in [2.45, 2.75) is 37.9 Å². The summed E-state index contributed by atoms with van der Waals surface area (Å²) in [5.41, 5.74) is 0.0714. The topological polar surface area (TPSA) is 72.6 Å². The number of aliphatic hydroxyl groups excluding tert-OH is 1. The van der Waals surface area contributed by atoms with Gasteiger partial charge in [-0.1, -0.05) is 24.6 Å². The molecule has 2 atom stereocenters. The van der Waals surface area contributed by atoms with E-state index in [1.165, 1.54) is 6.07 Å². The Morgan fingerprint density at radius 2 is 1.81 bits per heavy atom. The van der Waals surface area contributed by atoms with Gasteiger partial charge in [0.05, 0.1) is 16.4 Å². The lowest BCUT2D eigenvalue weighted by molar-refractivity contribution is -0.383. The van der Waals surface area contributed by atoms with Crippen LogP contribution in [-0.2, 0) is 0 Å². The Bertz CT molecular complexity index is 670. The van der Waals surface area contributed by atoms with E-state index in [1.54, 1.807) is 18.2 Å². The largest absolute Gasteiger partial charge is 0.487 e. The number of ether oxygens (including phenoxy) is 1. The van der Waals surface area contributed by atoms with Crippen LogP contribution in [-0.4, -0.2) is 22.2 Å². The van der Waals surface area contributed by atoms with Gasteiger partial charge in [-0.3, -0.25) is 10.1 Å².